The van der Waals surface area contributed by atoms with Gasteiger partial charge in [0, 0.05) is 6.54 Å². The van der Waals surface area contributed by atoms with Gasteiger partial charge >= 0.3 is 0 Å². The van der Waals surface area contributed by atoms with Gasteiger partial charge < -0.3 is 0 Å². The van der Waals surface area contributed by atoms with Crippen molar-refractivity contribution in [2.75, 3.05) is 6.54 Å². The third-order valence-electron chi connectivity index (χ3n) is 3.15. The zero-order chi connectivity index (χ0) is 12.2. The van der Waals surface area contributed by atoms with Crippen LogP contribution in [0.2, 0.25) is 0 Å². The summed E-state index contributed by atoms with van der Waals surface area (Å²) in [4.78, 5) is 2.31. The molecule has 0 saturated carbocycles. The Kier molecular flexibility index (Phi) is 4.15. The number of hydrogen-bond acceptors (Lipinski definition) is 1. The van der Waals surface area contributed by atoms with E-state index in [0.717, 1.165) is 13.1 Å². The standard InChI is InChI=1S/C15H21N/c1-6-15(4,5)16(7-2)12-14-11-9-8-10-13(14)3/h1,8-11H,7,12H2,2-5H3. The molecule has 0 atom stereocenters. The maximum Gasteiger partial charge on any atom is 0.0768 e. The molecular weight excluding hydrogens is 194 g/mol. The summed E-state index contributed by atoms with van der Waals surface area (Å²) in [6.07, 6.45) is 5.58. The van der Waals surface area contributed by atoms with Crippen molar-refractivity contribution >= 4 is 0 Å². The predicted molar refractivity (Wildman–Crippen MR) is 70.2 cm³/mol. The Morgan fingerprint density at radius 2 is 1.94 bits per heavy atom. The summed E-state index contributed by atoms with van der Waals surface area (Å²) in [5.74, 6) is 2.86. The van der Waals surface area contributed by atoms with Crippen LogP contribution in [0, 0.1) is 19.3 Å². The van der Waals surface area contributed by atoms with Crippen molar-refractivity contribution in [2.45, 2.75) is 39.8 Å². The number of benzene rings is 1. The highest BCUT2D eigenvalue weighted by molar-refractivity contribution is 5.26. The average Bonchev–Trinajstić information content (AvgIpc) is 2.27. The van der Waals surface area contributed by atoms with Gasteiger partial charge in [-0.1, -0.05) is 37.1 Å². The third-order valence-corrected chi connectivity index (χ3v) is 3.15. The lowest BCUT2D eigenvalue weighted by molar-refractivity contribution is 0.170. The first kappa shape index (κ1) is 12.8. The molecule has 0 N–H and O–H groups in total. The van der Waals surface area contributed by atoms with Crippen LogP contribution in [0.5, 0.6) is 0 Å². The second kappa shape index (κ2) is 5.18. The van der Waals surface area contributed by atoms with E-state index in [1.807, 2.05) is 0 Å². The molecule has 0 heterocycles. The van der Waals surface area contributed by atoms with Crippen molar-refractivity contribution in [2.24, 2.45) is 0 Å². The Bertz CT molecular complexity index is 385. The van der Waals surface area contributed by atoms with Gasteiger partial charge in [-0.25, -0.2) is 0 Å². The van der Waals surface area contributed by atoms with Gasteiger partial charge in [0.25, 0.3) is 0 Å². The lowest BCUT2D eigenvalue weighted by Crippen LogP contribution is -2.42. The van der Waals surface area contributed by atoms with Crippen LogP contribution in [-0.4, -0.2) is 17.0 Å². The van der Waals surface area contributed by atoms with Crippen molar-refractivity contribution in [1.82, 2.24) is 4.90 Å². The third kappa shape index (κ3) is 2.87. The summed E-state index contributed by atoms with van der Waals surface area (Å²) in [5.41, 5.74) is 2.50. The molecule has 1 heteroatoms. The number of nitrogens with zero attached hydrogens (tertiary/aromatic N) is 1. The minimum atomic E-state index is -0.184. The van der Waals surface area contributed by atoms with E-state index >= 15 is 0 Å². The van der Waals surface area contributed by atoms with Crippen molar-refractivity contribution in [1.29, 1.82) is 0 Å². The first-order valence-corrected chi connectivity index (χ1v) is 5.78. The minimum Gasteiger partial charge on any atom is -0.284 e. The van der Waals surface area contributed by atoms with Crippen LogP contribution >= 0.6 is 0 Å². The van der Waals surface area contributed by atoms with Gasteiger partial charge in [0.05, 0.1) is 5.54 Å². The molecule has 0 saturated heterocycles. The molecular formula is C15H21N. The van der Waals surface area contributed by atoms with Crippen molar-refractivity contribution in [3.63, 3.8) is 0 Å². The Labute approximate surface area is 99.5 Å². The molecule has 1 aromatic carbocycles. The van der Waals surface area contributed by atoms with Crippen molar-refractivity contribution in [3.8, 4) is 12.3 Å². The van der Waals surface area contributed by atoms with Crippen molar-refractivity contribution < 1.29 is 0 Å². The van der Waals surface area contributed by atoms with Gasteiger partial charge in [0.2, 0.25) is 0 Å². The second-order valence-corrected chi connectivity index (χ2v) is 4.64. The van der Waals surface area contributed by atoms with Crippen LogP contribution in [0.3, 0.4) is 0 Å². The second-order valence-electron chi connectivity index (χ2n) is 4.64. The van der Waals surface area contributed by atoms with Gasteiger partial charge in [0.15, 0.2) is 0 Å². The first-order chi connectivity index (χ1) is 7.51. The predicted octanol–water partition coefficient (Wildman–Crippen LogP) is 3.23. The normalized spacial score (nSPS) is 11.5. The van der Waals surface area contributed by atoms with E-state index in [4.69, 9.17) is 6.42 Å². The number of terminal acetylenes is 1. The Hall–Kier alpha value is -1.26. The SMILES string of the molecule is C#CC(C)(C)N(CC)Cc1ccccc1C. The molecule has 0 spiro atoms. The van der Waals surface area contributed by atoms with Crippen LogP contribution in [0.4, 0.5) is 0 Å². The van der Waals surface area contributed by atoms with Gasteiger partial charge in [0.1, 0.15) is 0 Å². The van der Waals surface area contributed by atoms with E-state index in [2.05, 4.69) is 62.8 Å². The molecule has 1 nitrogen and oxygen atoms in total. The molecule has 1 rings (SSSR count). The van der Waals surface area contributed by atoms with E-state index in [1.54, 1.807) is 0 Å². The largest absolute Gasteiger partial charge is 0.284 e. The summed E-state index contributed by atoms with van der Waals surface area (Å²) < 4.78 is 0. The molecule has 16 heavy (non-hydrogen) atoms. The molecule has 0 aliphatic rings. The van der Waals surface area contributed by atoms with Crippen LogP contribution in [0.15, 0.2) is 24.3 Å². The highest BCUT2D eigenvalue weighted by Crippen LogP contribution is 2.18. The van der Waals surface area contributed by atoms with Crippen LogP contribution in [-0.2, 0) is 6.54 Å². The number of hydrogen-bond donors (Lipinski definition) is 0. The summed E-state index contributed by atoms with van der Waals surface area (Å²) in [5, 5.41) is 0. The molecule has 0 unspecified atom stereocenters. The molecule has 0 aliphatic carbocycles. The average molecular weight is 215 g/mol. The maximum absolute atomic E-state index is 5.58. The summed E-state index contributed by atoms with van der Waals surface area (Å²) in [7, 11) is 0. The zero-order valence-corrected chi connectivity index (χ0v) is 10.7. The lowest BCUT2D eigenvalue weighted by Gasteiger charge is -2.34. The number of aryl methyl sites for hydroxylation is 1. The van der Waals surface area contributed by atoms with E-state index in [0.29, 0.717) is 0 Å². The molecule has 0 amide bonds. The fraction of sp³-hybridized carbons (Fsp3) is 0.467. The molecule has 1 aromatic rings. The maximum atomic E-state index is 5.58. The molecule has 86 valence electrons. The summed E-state index contributed by atoms with van der Waals surface area (Å²) >= 11 is 0. The van der Waals surface area contributed by atoms with Gasteiger partial charge in [-0.15, -0.1) is 6.42 Å². The Morgan fingerprint density at radius 3 is 2.44 bits per heavy atom. The first-order valence-electron chi connectivity index (χ1n) is 5.78. The van der Waals surface area contributed by atoms with E-state index < -0.39 is 0 Å². The molecule has 0 fully saturated rings. The van der Waals surface area contributed by atoms with Crippen LogP contribution in [0.25, 0.3) is 0 Å². The van der Waals surface area contributed by atoms with Crippen molar-refractivity contribution in [3.05, 3.63) is 35.4 Å². The monoisotopic (exact) mass is 215 g/mol. The highest BCUT2D eigenvalue weighted by Gasteiger charge is 2.22. The van der Waals surface area contributed by atoms with Crippen LogP contribution < -0.4 is 0 Å². The minimum absolute atomic E-state index is 0.184. The highest BCUT2D eigenvalue weighted by atomic mass is 15.2. The molecule has 0 bridgehead atoms. The fourth-order valence-electron chi connectivity index (χ4n) is 1.79. The molecule has 0 radical (unpaired) electrons. The molecule has 0 aromatic heterocycles. The number of rotatable bonds is 4. The van der Waals surface area contributed by atoms with E-state index in [9.17, 15) is 0 Å². The van der Waals surface area contributed by atoms with E-state index in [1.165, 1.54) is 11.1 Å². The smallest absolute Gasteiger partial charge is 0.0768 e. The van der Waals surface area contributed by atoms with Gasteiger partial charge in [-0.3, -0.25) is 4.90 Å². The molecule has 0 aliphatic heterocycles. The summed E-state index contributed by atoms with van der Waals surface area (Å²) in [6.45, 7) is 10.4. The Balaban J connectivity index is 2.88. The van der Waals surface area contributed by atoms with E-state index in [-0.39, 0.29) is 5.54 Å². The fourth-order valence-corrected chi connectivity index (χ4v) is 1.79. The van der Waals surface area contributed by atoms with Gasteiger partial charge in [-0.05, 0) is 38.4 Å². The quantitative estimate of drug-likeness (QED) is 0.697. The Morgan fingerprint density at radius 1 is 1.31 bits per heavy atom. The zero-order valence-electron chi connectivity index (χ0n) is 10.7. The summed E-state index contributed by atoms with van der Waals surface area (Å²) in [6, 6.07) is 8.47. The topological polar surface area (TPSA) is 3.24 Å². The van der Waals surface area contributed by atoms with Crippen LogP contribution in [0.1, 0.15) is 31.9 Å². The van der Waals surface area contributed by atoms with Gasteiger partial charge in [-0.2, -0.15) is 0 Å². The lowest BCUT2D eigenvalue weighted by atomic mass is 10.0.